The minimum atomic E-state index is -1.16. The molecule has 0 aromatic heterocycles. The van der Waals surface area contributed by atoms with Gasteiger partial charge in [-0.2, -0.15) is 4.39 Å². The fourth-order valence-corrected chi connectivity index (χ4v) is 2.07. The number of alkyl halides is 1. The number of nitrogens with zero attached hydrogens (tertiary/aromatic N) is 1. The van der Waals surface area contributed by atoms with E-state index in [2.05, 4.69) is 15.9 Å². The maximum Gasteiger partial charge on any atom is 0.308 e. The summed E-state index contributed by atoms with van der Waals surface area (Å²) in [5.41, 5.74) is -0.682. The highest BCUT2D eigenvalue weighted by molar-refractivity contribution is 9.09. The highest BCUT2D eigenvalue weighted by atomic mass is 79.9. The van der Waals surface area contributed by atoms with E-state index in [1.807, 2.05) is 0 Å². The first-order chi connectivity index (χ1) is 7.95. The van der Waals surface area contributed by atoms with Gasteiger partial charge in [-0.3, -0.25) is 10.1 Å². The second-order valence-electron chi connectivity index (χ2n) is 3.41. The van der Waals surface area contributed by atoms with Gasteiger partial charge < -0.3 is 4.74 Å². The Kier molecular flexibility index (Phi) is 4.95. The van der Waals surface area contributed by atoms with Crippen molar-refractivity contribution in [1.82, 2.24) is 0 Å². The Morgan fingerprint density at radius 2 is 2.18 bits per heavy atom. The zero-order chi connectivity index (χ0) is 13.0. The first-order valence-corrected chi connectivity index (χ1v) is 5.62. The molecule has 0 fully saturated rings. The zero-order valence-corrected chi connectivity index (χ0v) is 10.5. The lowest BCUT2D eigenvalue weighted by atomic mass is 10.1. The van der Waals surface area contributed by atoms with E-state index in [-0.39, 0.29) is 23.4 Å². The van der Waals surface area contributed by atoms with E-state index in [1.54, 1.807) is 0 Å². The monoisotopic (exact) mass is 309 g/mol. The summed E-state index contributed by atoms with van der Waals surface area (Å²) in [6, 6.07) is 1.46. The van der Waals surface area contributed by atoms with Crippen molar-refractivity contribution in [1.29, 1.82) is 0 Å². The molecule has 1 unspecified atom stereocenters. The summed E-state index contributed by atoms with van der Waals surface area (Å²) in [6.45, 7) is 0.287. The molecule has 1 atom stereocenters. The van der Waals surface area contributed by atoms with E-state index in [0.717, 1.165) is 6.07 Å². The molecule has 1 aromatic rings. The van der Waals surface area contributed by atoms with Crippen LogP contribution in [0, 0.1) is 21.7 Å². The van der Waals surface area contributed by atoms with Gasteiger partial charge in [0, 0.05) is 23.6 Å². The van der Waals surface area contributed by atoms with Crippen LogP contribution in [0.2, 0.25) is 0 Å². The molecule has 94 valence electrons. The molecule has 0 aliphatic rings. The maximum absolute atomic E-state index is 13.3. The van der Waals surface area contributed by atoms with Crippen LogP contribution in [0.3, 0.4) is 0 Å². The number of nitro benzene ring substituents is 1. The molecule has 0 aliphatic carbocycles. The van der Waals surface area contributed by atoms with Gasteiger partial charge in [0.25, 0.3) is 0 Å². The van der Waals surface area contributed by atoms with Crippen molar-refractivity contribution in [3.8, 4) is 0 Å². The number of methoxy groups -OCH3 is 1. The van der Waals surface area contributed by atoms with E-state index in [9.17, 15) is 18.9 Å². The predicted octanol–water partition coefficient (Wildman–Crippen LogP) is 2.83. The van der Waals surface area contributed by atoms with Gasteiger partial charge >= 0.3 is 5.69 Å². The smallest absolute Gasteiger partial charge is 0.308 e. The van der Waals surface area contributed by atoms with Crippen LogP contribution in [0.5, 0.6) is 0 Å². The van der Waals surface area contributed by atoms with Gasteiger partial charge in [0.15, 0.2) is 0 Å². The summed E-state index contributed by atoms with van der Waals surface area (Å²) >= 11 is 3.21. The topological polar surface area (TPSA) is 52.4 Å². The van der Waals surface area contributed by atoms with Crippen molar-refractivity contribution in [2.24, 2.45) is 0 Å². The van der Waals surface area contributed by atoms with Crippen LogP contribution in [-0.2, 0) is 11.2 Å². The van der Waals surface area contributed by atoms with E-state index < -0.39 is 22.2 Å². The number of rotatable bonds is 5. The molecule has 1 rings (SSSR count). The van der Waals surface area contributed by atoms with Gasteiger partial charge in [0.1, 0.15) is 5.82 Å². The number of hydrogen-bond acceptors (Lipinski definition) is 3. The second-order valence-corrected chi connectivity index (χ2v) is 4.70. The van der Waals surface area contributed by atoms with Crippen molar-refractivity contribution < 1.29 is 18.4 Å². The lowest BCUT2D eigenvalue weighted by Gasteiger charge is -2.09. The Labute approximate surface area is 105 Å². The van der Waals surface area contributed by atoms with E-state index in [4.69, 9.17) is 4.74 Å². The van der Waals surface area contributed by atoms with Crippen LogP contribution < -0.4 is 0 Å². The van der Waals surface area contributed by atoms with Crippen molar-refractivity contribution in [3.63, 3.8) is 0 Å². The largest absolute Gasteiger partial charge is 0.384 e. The Morgan fingerprint density at radius 3 is 2.71 bits per heavy atom. The molecule has 0 spiro atoms. The van der Waals surface area contributed by atoms with Gasteiger partial charge in [-0.25, -0.2) is 4.39 Å². The van der Waals surface area contributed by atoms with Gasteiger partial charge in [-0.05, 0) is 12.5 Å². The summed E-state index contributed by atoms with van der Waals surface area (Å²) in [5, 5.41) is 10.7. The lowest BCUT2D eigenvalue weighted by Crippen LogP contribution is -2.12. The van der Waals surface area contributed by atoms with Gasteiger partial charge in [-0.1, -0.05) is 15.9 Å². The van der Waals surface area contributed by atoms with Gasteiger partial charge in [-0.15, -0.1) is 0 Å². The number of nitro groups is 1. The standard InChI is InChI=1S/C10H10BrF2NO3/c1-17-5-7(11)2-6-3-8(12)4-9(13)10(6)14(15)16/h3-4,7H,2,5H2,1H3. The molecule has 7 heteroatoms. The maximum atomic E-state index is 13.3. The molecule has 0 amide bonds. The highest BCUT2D eigenvalue weighted by Crippen LogP contribution is 2.26. The summed E-state index contributed by atoms with van der Waals surface area (Å²) in [6.07, 6.45) is 0.110. The normalized spacial score (nSPS) is 12.5. The predicted molar refractivity (Wildman–Crippen MR) is 61.3 cm³/mol. The molecule has 0 saturated carbocycles. The third kappa shape index (κ3) is 3.71. The van der Waals surface area contributed by atoms with Crippen molar-refractivity contribution in [2.75, 3.05) is 13.7 Å². The van der Waals surface area contributed by atoms with E-state index in [0.29, 0.717) is 6.07 Å². The molecular weight excluding hydrogens is 300 g/mol. The van der Waals surface area contributed by atoms with E-state index >= 15 is 0 Å². The SMILES string of the molecule is COCC(Br)Cc1cc(F)cc(F)c1[N+](=O)[O-]. The third-order valence-corrected chi connectivity index (χ3v) is 2.67. The lowest BCUT2D eigenvalue weighted by molar-refractivity contribution is -0.388. The number of ether oxygens (including phenoxy) is 1. The summed E-state index contributed by atoms with van der Waals surface area (Å²) in [5.74, 6) is -2.00. The fourth-order valence-electron chi connectivity index (χ4n) is 1.46. The number of halogens is 3. The molecule has 4 nitrogen and oxygen atoms in total. The van der Waals surface area contributed by atoms with Gasteiger partial charge in [0.2, 0.25) is 5.82 Å². The first kappa shape index (κ1) is 14.0. The van der Waals surface area contributed by atoms with Crippen LogP contribution in [0.4, 0.5) is 14.5 Å². The Morgan fingerprint density at radius 1 is 1.53 bits per heavy atom. The summed E-state index contributed by atoms with van der Waals surface area (Å²) in [7, 11) is 1.47. The quantitative estimate of drug-likeness (QED) is 0.477. The Bertz CT molecular complexity index is 428. The molecule has 0 saturated heterocycles. The summed E-state index contributed by atoms with van der Waals surface area (Å²) in [4.78, 5) is 9.60. The van der Waals surface area contributed by atoms with Crippen LogP contribution in [0.1, 0.15) is 5.56 Å². The Balaban J connectivity index is 3.08. The van der Waals surface area contributed by atoms with Crippen LogP contribution >= 0.6 is 15.9 Å². The minimum Gasteiger partial charge on any atom is -0.384 e. The highest BCUT2D eigenvalue weighted by Gasteiger charge is 2.23. The molecule has 0 aliphatic heterocycles. The van der Waals surface area contributed by atoms with Gasteiger partial charge in [0.05, 0.1) is 11.5 Å². The zero-order valence-electron chi connectivity index (χ0n) is 8.95. The third-order valence-electron chi connectivity index (χ3n) is 2.08. The van der Waals surface area contributed by atoms with Crippen LogP contribution in [0.15, 0.2) is 12.1 Å². The first-order valence-electron chi connectivity index (χ1n) is 4.71. The fraction of sp³-hybridized carbons (Fsp3) is 0.400. The van der Waals surface area contributed by atoms with Crippen molar-refractivity contribution in [3.05, 3.63) is 39.4 Å². The molecule has 0 radical (unpaired) electrons. The molecule has 0 heterocycles. The summed E-state index contributed by atoms with van der Waals surface area (Å²) < 4.78 is 31.1. The molecule has 0 bridgehead atoms. The molecule has 1 aromatic carbocycles. The van der Waals surface area contributed by atoms with Crippen LogP contribution in [-0.4, -0.2) is 23.5 Å². The molecule has 17 heavy (non-hydrogen) atoms. The Hall–Kier alpha value is -1.08. The molecular formula is C10H10BrF2NO3. The number of hydrogen-bond donors (Lipinski definition) is 0. The average molecular weight is 310 g/mol. The van der Waals surface area contributed by atoms with Crippen LogP contribution in [0.25, 0.3) is 0 Å². The van der Waals surface area contributed by atoms with E-state index in [1.165, 1.54) is 7.11 Å². The average Bonchev–Trinajstić information content (AvgIpc) is 2.15. The minimum absolute atomic E-state index is 0.00595. The number of benzene rings is 1. The molecule has 0 N–H and O–H groups in total. The second kappa shape index (κ2) is 6.02. The van der Waals surface area contributed by atoms with Crippen molar-refractivity contribution >= 4 is 21.6 Å². The van der Waals surface area contributed by atoms with Crippen molar-refractivity contribution in [2.45, 2.75) is 11.2 Å².